The lowest BCUT2D eigenvalue weighted by molar-refractivity contribution is -0.162. The molecule has 9 heteroatoms. The van der Waals surface area contributed by atoms with Crippen LogP contribution in [0.4, 0.5) is 18.0 Å². The van der Waals surface area contributed by atoms with Crippen molar-refractivity contribution in [3.8, 4) is 0 Å². The van der Waals surface area contributed by atoms with Crippen molar-refractivity contribution in [2.24, 2.45) is 0 Å². The minimum Gasteiger partial charge on any atom is -0.440 e. The number of nitrogens with one attached hydrogen (secondary N) is 1. The van der Waals surface area contributed by atoms with E-state index in [1.165, 1.54) is 4.90 Å². The number of nitrogens with zero attached hydrogens (tertiary/aromatic N) is 3. The molecular formula is C10H13F3N4O2. The van der Waals surface area contributed by atoms with Gasteiger partial charge in [0.15, 0.2) is 6.61 Å². The number of likely N-dealkylation sites (tertiary alicyclic amines) is 1. The molecule has 6 nitrogen and oxygen atoms in total. The second-order valence-electron chi connectivity index (χ2n) is 4.35. The first-order valence-corrected chi connectivity index (χ1v) is 5.80. The molecule has 1 amide bonds. The molecule has 19 heavy (non-hydrogen) atoms. The van der Waals surface area contributed by atoms with Gasteiger partial charge in [-0.2, -0.15) is 28.6 Å². The molecule has 0 aromatic carbocycles. The summed E-state index contributed by atoms with van der Waals surface area (Å²) in [6, 6.07) is 0. The van der Waals surface area contributed by atoms with Crippen LogP contribution in [0.15, 0.2) is 6.20 Å². The van der Waals surface area contributed by atoms with Gasteiger partial charge in [-0.05, 0) is 12.8 Å². The molecule has 1 aromatic heterocycles. The second kappa shape index (κ2) is 5.45. The topological polar surface area (TPSA) is 71.1 Å². The summed E-state index contributed by atoms with van der Waals surface area (Å²) in [5.41, 5.74) is 0.702. The maximum absolute atomic E-state index is 12.0. The number of aromatic nitrogens is 3. The number of carbonyl (C=O) groups is 1. The Bertz CT molecular complexity index is 421. The first-order valence-electron chi connectivity index (χ1n) is 5.80. The van der Waals surface area contributed by atoms with E-state index in [2.05, 4.69) is 20.1 Å². The summed E-state index contributed by atoms with van der Waals surface area (Å²) >= 11 is 0. The number of alkyl halides is 3. The Morgan fingerprint density at radius 1 is 1.58 bits per heavy atom. The SMILES string of the molecule is O=C(OCC(F)(F)F)N1CCCC(c2cn[nH]n2)C1. The maximum atomic E-state index is 12.0. The number of halogens is 3. The van der Waals surface area contributed by atoms with Gasteiger partial charge < -0.3 is 9.64 Å². The van der Waals surface area contributed by atoms with Gasteiger partial charge in [0, 0.05) is 19.0 Å². The average molecular weight is 278 g/mol. The molecule has 1 aromatic rings. The molecule has 1 N–H and O–H groups in total. The minimum atomic E-state index is -4.50. The quantitative estimate of drug-likeness (QED) is 0.893. The van der Waals surface area contributed by atoms with E-state index in [9.17, 15) is 18.0 Å². The lowest BCUT2D eigenvalue weighted by atomic mass is 9.96. The van der Waals surface area contributed by atoms with Gasteiger partial charge in [0.1, 0.15) is 0 Å². The standard InChI is InChI=1S/C10H13F3N4O2/c11-10(12,13)6-19-9(18)17-3-1-2-7(5-17)8-4-14-16-15-8/h4,7H,1-3,5-6H2,(H,14,15,16). The molecular weight excluding hydrogens is 265 g/mol. The zero-order valence-electron chi connectivity index (χ0n) is 9.98. The largest absolute Gasteiger partial charge is 0.440 e. The molecule has 1 aliphatic heterocycles. The van der Waals surface area contributed by atoms with Gasteiger partial charge in [-0.1, -0.05) is 0 Å². The van der Waals surface area contributed by atoms with E-state index in [4.69, 9.17) is 0 Å². The molecule has 2 rings (SSSR count). The number of piperidine rings is 1. The summed E-state index contributed by atoms with van der Waals surface area (Å²) in [7, 11) is 0. The third-order valence-corrected chi connectivity index (χ3v) is 2.89. The lowest BCUT2D eigenvalue weighted by Gasteiger charge is -2.31. The number of H-pyrrole nitrogens is 1. The van der Waals surface area contributed by atoms with Gasteiger partial charge in [0.05, 0.1) is 11.9 Å². The van der Waals surface area contributed by atoms with Gasteiger partial charge >= 0.3 is 12.3 Å². The van der Waals surface area contributed by atoms with E-state index in [-0.39, 0.29) is 5.92 Å². The van der Waals surface area contributed by atoms with Crippen LogP contribution < -0.4 is 0 Å². The molecule has 1 saturated heterocycles. The first kappa shape index (κ1) is 13.6. The Balaban J connectivity index is 1.88. The predicted octanol–water partition coefficient (Wildman–Crippen LogP) is 1.68. The van der Waals surface area contributed by atoms with Gasteiger partial charge in [-0.25, -0.2) is 4.79 Å². The lowest BCUT2D eigenvalue weighted by Crippen LogP contribution is -2.40. The highest BCUT2D eigenvalue weighted by molar-refractivity contribution is 5.67. The Morgan fingerprint density at radius 3 is 3.00 bits per heavy atom. The predicted molar refractivity (Wildman–Crippen MR) is 57.3 cm³/mol. The van der Waals surface area contributed by atoms with Crippen molar-refractivity contribution in [1.82, 2.24) is 20.3 Å². The van der Waals surface area contributed by atoms with Crippen LogP contribution in [0.5, 0.6) is 0 Å². The number of carbonyl (C=O) groups excluding carboxylic acids is 1. The van der Waals surface area contributed by atoms with Gasteiger partial charge in [0.2, 0.25) is 0 Å². The van der Waals surface area contributed by atoms with E-state index >= 15 is 0 Å². The third-order valence-electron chi connectivity index (χ3n) is 2.89. The highest BCUT2D eigenvalue weighted by Gasteiger charge is 2.32. The molecule has 2 heterocycles. The summed E-state index contributed by atoms with van der Waals surface area (Å²) in [5, 5.41) is 10.1. The minimum absolute atomic E-state index is 0.0223. The van der Waals surface area contributed by atoms with Crippen LogP contribution >= 0.6 is 0 Å². The molecule has 0 aliphatic carbocycles. The van der Waals surface area contributed by atoms with Crippen molar-refractivity contribution in [3.05, 3.63) is 11.9 Å². The molecule has 1 unspecified atom stereocenters. The van der Waals surface area contributed by atoms with E-state index in [0.717, 1.165) is 6.42 Å². The van der Waals surface area contributed by atoms with Crippen LogP contribution in [0.1, 0.15) is 24.5 Å². The highest BCUT2D eigenvalue weighted by atomic mass is 19.4. The molecule has 0 bridgehead atoms. The van der Waals surface area contributed by atoms with Crippen molar-refractivity contribution in [3.63, 3.8) is 0 Å². The third kappa shape index (κ3) is 3.83. The van der Waals surface area contributed by atoms with E-state index in [0.29, 0.717) is 25.2 Å². The molecule has 1 fully saturated rings. The van der Waals surface area contributed by atoms with Crippen molar-refractivity contribution < 1.29 is 22.7 Å². The van der Waals surface area contributed by atoms with Crippen LogP contribution in [0, 0.1) is 0 Å². The molecule has 0 radical (unpaired) electrons. The Hall–Kier alpha value is -1.80. The number of rotatable bonds is 2. The van der Waals surface area contributed by atoms with Gasteiger partial charge in [-0.15, -0.1) is 0 Å². The van der Waals surface area contributed by atoms with Crippen LogP contribution in [-0.2, 0) is 4.74 Å². The average Bonchev–Trinajstić information content (AvgIpc) is 2.89. The van der Waals surface area contributed by atoms with Crippen molar-refractivity contribution in [2.45, 2.75) is 24.9 Å². The monoisotopic (exact) mass is 278 g/mol. The fraction of sp³-hybridized carbons (Fsp3) is 0.700. The molecule has 1 aliphatic rings. The van der Waals surface area contributed by atoms with Crippen LogP contribution in [0.2, 0.25) is 0 Å². The first-order chi connectivity index (χ1) is 8.96. The van der Waals surface area contributed by atoms with Crippen LogP contribution in [0.25, 0.3) is 0 Å². The second-order valence-corrected chi connectivity index (χ2v) is 4.35. The number of ether oxygens (including phenoxy) is 1. The summed E-state index contributed by atoms with van der Waals surface area (Å²) in [4.78, 5) is 12.8. The fourth-order valence-electron chi connectivity index (χ4n) is 2.03. The molecule has 106 valence electrons. The molecule has 0 spiro atoms. The van der Waals surface area contributed by atoms with E-state index in [1.54, 1.807) is 6.20 Å². The van der Waals surface area contributed by atoms with Gasteiger partial charge in [0.25, 0.3) is 0 Å². The van der Waals surface area contributed by atoms with E-state index in [1.807, 2.05) is 0 Å². The molecule has 1 atom stereocenters. The van der Waals surface area contributed by atoms with Crippen molar-refractivity contribution in [1.29, 1.82) is 0 Å². The number of aromatic amines is 1. The normalized spacial score (nSPS) is 20.4. The summed E-state index contributed by atoms with van der Waals surface area (Å²) in [5.74, 6) is -0.0223. The van der Waals surface area contributed by atoms with Crippen molar-refractivity contribution in [2.75, 3.05) is 19.7 Å². The summed E-state index contributed by atoms with van der Waals surface area (Å²) in [6.45, 7) is -0.870. The summed E-state index contributed by atoms with van der Waals surface area (Å²) in [6.07, 6.45) is -2.38. The number of hydrogen-bond donors (Lipinski definition) is 1. The fourth-order valence-corrected chi connectivity index (χ4v) is 2.03. The zero-order valence-corrected chi connectivity index (χ0v) is 9.98. The summed E-state index contributed by atoms with van der Waals surface area (Å²) < 4.78 is 40.1. The molecule has 0 saturated carbocycles. The Morgan fingerprint density at radius 2 is 2.37 bits per heavy atom. The Labute approximate surface area is 106 Å². The maximum Gasteiger partial charge on any atom is 0.422 e. The zero-order chi connectivity index (χ0) is 13.9. The van der Waals surface area contributed by atoms with E-state index < -0.39 is 18.9 Å². The van der Waals surface area contributed by atoms with Crippen molar-refractivity contribution >= 4 is 6.09 Å². The highest BCUT2D eigenvalue weighted by Crippen LogP contribution is 2.25. The van der Waals surface area contributed by atoms with Crippen LogP contribution in [-0.4, -0.2) is 52.3 Å². The number of hydrogen-bond acceptors (Lipinski definition) is 4. The van der Waals surface area contributed by atoms with Crippen LogP contribution in [0.3, 0.4) is 0 Å². The number of amides is 1. The van der Waals surface area contributed by atoms with Gasteiger partial charge in [-0.3, -0.25) is 0 Å². The Kier molecular flexibility index (Phi) is 3.91. The smallest absolute Gasteiger partial charge is 0.422 e.